The van der Waals surface area contributed by atoms with E-state index in [0.29, 0.717) is 12.2 Å². The van der Waals surface area contributed by atoms with Crippen LogP contribution in [0, 0.1) is 0 Å². The normalized spacial score (nSPS) is 9.90. The fourth-order valence-electron chi connectivity index (χ4n) is 1.66. The minimum atomic E-state index is -0.374. The summed E-state index contributed by atoms with van der Waals surface area (Å²) in [7, 11) is 0. The minimum Gasteiger partial charge on any atom is -0.483 e. The highest BCUT2D eigenvalue weighted by atomic mass is 16.5. The van der Waals surface area contributed by atoms with Crippen molar-refractivity contribution < 1.29 is 14.3 Å². The molecule has 0 radical (unpaired) electrons. The molecular weight excluding hydrogens is 256 g/mol. The van der Waals surface area contributed by atoms with Gasteiger partial charge in [0.2, 0.25) is 5.91 Å². The van der Waals surface area contributed by atoms with E-state index in [9.17, 15) is 9.59 Å². The summed E-state index contributed by atoms with van der Waals surface area (Å²) in [6.07, 6.45) is 3.00. The fraction of sp³-hybridized carbons (Fsp3) is 0.467. The minimum absolute atomic E-state index is 0.120. The summed E-state index contributed by atoms with van der Waals surface area (Å²) in [5.74, 6) is 0.136. The van der Waals surface area contributed by atoms with Crippen molar-refractivity contribution in [3.05, 3.63) is 29.8 Å². The Balaban J connectivity index is 2.31. The highest BCUT2D eigenvalue weighted by Crippen LogP contribution is 2.17. The van der Waals surface area contributed by atoms with Crippen LogP contribution < -0.4 is 15.6 Å². The molecule has 0 aromatic heterocycles. The number of hydrogen-bond donors (Lipinski definition) is 2. The number of aryl methyl sites for hydroxylation is 1. The smallest absolute Gasteiger partial charge is 0.276 e. The average Bonchev–Trinajstić information content (AvgIpc) is 2.48. The van der Waals surface area contributed by atoms with Crippen LogP contribution in [0.2, 0.25) is 0 Å². The number of hydrogen-bond acceptors (Lipinski definition) is 3. The lowest BCUT2D eigenvalue weighted by Crippen LogP contribution is -2.43. The molecule has 1 aromatic rings. The maximum absolute atomic E-state index is 11.5. The molecule has 1 aromatic carbocycles. The SMILES string of the molecule is CCCCC(=O)NNC(=O)COc1ccccc1CC. The van der Waals surface area contributed by atoms with Crippen LogP contribution >= 0.6 is 0 Å². The Morgan fingerprint density at radius 2 is 1.80 bits per heavy atom. The molecule has 0 aliphatic rings. The van der Waals surface area contributed by atoms with Crippen LogP contribution in [0.25, 0.3) is 0 Å². The van der Waals surface area contributed by atoms with Gasteiger partial charge in [-0.2, -0.15) is 0 Å². The lowest BCUT2D eigenvalue weighted by Gasteiger charge is -2.11. The molecule has 0 unspecified atom stereocenters. The Bertz CT molecular complexity index is 446. The summed E-state index contributed by atoms with van der Waals surface area (Å²) in [4.78, 5) is 22.9. The number of unbranched alkanes of at least 4 members (excludes halogenated alkanes) is 1. The van der Waals surface area contributed by atoms with Gasteiger partial charge in [-0.05, 0) is 24.5 Å². The van der Waals surface area contributed by atoms with Gasteiger partial charge in [0.25, 0.3) is 5.91 Å². The van der Waals surface area contributed by atoms with Crippen molar-refractivity contribution in [1.82, 2.24) is 10.9 Å². The third-order valence-electron chi connectivity index (χ3n) is 2.81. The Hall–Kier alpha value is -2.04. The van der Waals surface area contributed by atoms with Gasteiger partial charge in [-0.25, -0.2) is 0 Å². The molecule has 1 rings (SSSR count). The van der Waals surface area contributed by atoms with Gasteiger partial charge in [-0.1, -0.05) is 38.5 Å². The molecule has 0 aliphatic carbocycles. The molecule has 0 atom stereocenters. The molecule has 20 heavy (non-hydrogen) atoms. The number of ether oxygens (including phenoxy) is 1. The van der Waals surface area contributed by atoms with E-state index in [4.69, 9.17) is 4.74 Å². The summed E-state index contributed by atoms with van der Waals surface area (Å²) in [5.41, 5.74) is 5.75. The molecule has 110 valence electrons. The van der Waals surface area contributed by atoms with Crippen molar-refractivity contribution in [1.29, 1.82) is 0 Å². The lowest BCUT2D eigenvalue weighted by molar-refractivity contribution is -0.130. The van der Waals surface area contributed by atoms with Gasteiger partial charge in [0.15, 0.2) is 6.61 Å². The summed E-state index contributed by atoms with van der Waals surface area (Å²) >= 11 is 0. The van der Waals surface area contributed by atoms with E-state index in [1.165, 1.54) is 0 Å². The summed E-state index contributed by atoms with van der Waals surface area (Å²) in [6, 6.07) is 7.57. The third kappa shape index (κ3) is 5.73. The van der Waals surface area contributed by atoms with Crippen LogP contribution in [-0.4, -0.2) is 18.4 Å². The van der Waals surface area contributed by atoms with Crippen LogP contribution in [0.4, 0.5) is 0 Å². The van der Waals surface area contributed by atoms with Crippen molar-refractivity contribution in [2.24, 2.45) is 0 Å². The fourth-order valence-corrected chi connectivity index (χ4v) is 1.66. The van der Waals surface area contributed by atoms with Crippen molar-refractivity contribution in [2.75, 3.05) is 6.61 Å². The number of hydrazine groups is 1. The van der Waals surface area contributed by atoms with Gasteiger partial charge >= 0.3 is 0 Å². The summed E-state index contributed by atoms with van der Waals surface area (Å²) in [5, 5.41) is 0. The van der Waals surface area contributed by atoms with Crippen LogP contribution in [0.15, 0.2) is 24.3 Å². The Labute approximate surface area is 119 Å². The Morgan fingerprint density at radius 1 is 1.10 bits per heavy atom. The topological polar surface area (TPSA) is 67.4 Å². The zero-order valence-electron chi connectivity index (χ0n) is 12.1. The molecule has 2 N–H and O–H groups in total. The number of nitrogens with one attached hydrogen (secondary N) is 2. The van der Waals surface area contributed by atoms with Crippen molar-refractivity contribution in [3.63, 3.8) is 0 Å². The highest BCUT2D eigenvalue weighted by molar-refractivity contribution is 5.82. The van der Waals surface area contributed by atoms with Crippen LogP contribution in [0.5, 0.6) is 5.75 Å². The number of carbonyl (C=O) groups is 2. The first-order valence-electron chi connectivity index (χ1n) is 6.95. The number of rotatable bonds is 7. The van der Waals surface area contributed by atoms with E-state index in [1.807, 2.05) is 38.1 Å². The van der Waals surface area contributed by atoms with Crippen LogP contribution in [0.3, 0.4) is 0 Å². The van der Waals surface area contributed by atoms with Gasteiger partial charge in [-0.15, -0.1) is 0 Å². The second kappa shape index (κ2) is 8.96. The molecule has 0 fully saturated rings. The maximum Gasteiger partial charge on any atom is 0.276 e. The van der Waals surface area contributed by atoms with E-state index in [0.717, 1.165) is 24.8 Å². The second-order valence-electron chi connectivity index (χ2n) is 4.45. The molecule has 0 saturated heterocycles. The molecule has 0 aliphatic heterocycles. The Morgan fingerprint density at radius 3 is 2.50 bits per heavy atom. The zero-order valence-corrected chi connectivity index (χ0v) is 12.1. The summed E-state index contributed by atoms with van der Waals surface area (Å²) < 4.78 is 5.44. The lowest BCUT2D eigenvalue weighted by atomic mass is 10.1. The van der Waals surface area contributed by atoms with E-state index in [-0.39, 0.29) is 18.4 Å². The largest absolute Gasteiger partial charge is 0.483 e. The zero-order chi connectivity index (χ0) is 14.8. The predicted octanol–water partition coefficient (Wildman–Crippen LogP) is 1.97. The molecule has 0 heterocycles. The van der Waals surface area contributed by atoms with E-state index in [1.54, 1.807) is 0 Å². The quantitative estimate of drug-likeness (QED) is 0.749. The van der Waals surface area contributed by atoms with Crippen molar-refractivity contribution >= 4 is 11.8 Å². The van der Waals surface area contributed by atoms with E-state index >= 15 is 0 Å². The van der Waals surface area contributed by atoms with E-state index in [2.05, 4.69) is 10.9 Å². The molecular formula is C15H22N2O3. The van der Waals surface area contributed by atoms with Gasteiger partial charge < -0.3 is 4.74 Å². The standard InChI is InChI=1S/C15H22N2O3/c1-3-5-10-14(18)16-17-15(19)11-20-13-9-7-6-8-12(13)4-2/h6-9H,3-5,10-11H2,1-2H3,(H,16,18)(H,17,19). The van der Waals surface area contributed by atoms with Gasteiger partial charge in [-0.3, -0.25) is 20.4 Å². The average molecular weight is 278 g/mol. The van der Waals surface area contributed by atoms with Crippen LogP contribution in [-0.2, 0) is 16.0 Å². The van der Waals surface area contributed by atoms with Crippen LogP contribution in [0.1, 0.15) is 38.7 Å². The van der Waals surface area contributed by atoms with Gasteiger partial charge in [0, 0.05) is 6.42 Å². The Kier molecular flexibility index (Phi) is 7.17. The monoisotopic (exact) mass is 278 g/mol. The molecule has 0 saturated carbocycles. The first-order valence-corrected chi connectivity index (χ1v) is 6.95. The highest BCUT2D eigenvalue weighted by Gasteiger charge is 2.06. The van der Waals surface area contributed by atoms with Gasteiger partial charge in [0.1, 0.15) is 5.75 Å². The number of carbonyl (C=O) groups excluding carboxylic acids is 2. The molecule has 5 nitrogen and oxygen atoms in total. The molecule has 0 spiro atoms. The van der Waals surface area contributed by atoms with E-state index < -0.39 is 0 Å². The molecule has 0 bridgehead atoms. The number of amides is 2. The molecule has 2 amide bonds. The first kappa shape index (κ1) is 16.0. The predicted molar refractivity (Wildman–Crippen MR) is 77.1 cm³/mol. The first-order chi connectivity index (χ1) is 9.67. The number of benzene rings is 1. The van der Waals surface area contributed by atoms with Crippen molar-refractivity contribution in [2.45, 2.75) is 39.5 Å². The third-order valence-corrected chi connectivity index (χ3v) is 2.81. The maximum atomic E-state index is 11.5. The van der Waals surface area contributed by atoms with Gasteiger partial charge in [0.05, 0.1) is 0 Å². The second-order valence-corrected chi connectivity index (χ2v) is 4.45. The number of para-hydroxylation sites is 1. The van der Waals surface area contributed by atoms with Crippen molar-refractivity contribution in [3.8, 4) is 5.75 Å². The molecule has 5 heteroatoms. The summed E-state index contributed by atoms with van der Waals surface area (Å²) in [6.45, 7) is 3.91.